The summed E-state index contributed by atoms with van der Waals surface area (Å²) in [7, 11) is 0. The first kappa shape index (κ1) is 11.5. The van der Waals surface area contributed by atoms with Crippen LogP contribution in [0, 0.1) is 11.3 Å². The quantitative estimate of drug-likeness (QED) is 0.780. The first-order valence-electron chi connectivity index (χ1n) is 4.15. The zero-order valence-corrected chi connectivity index (χ0v) is 7.97. The number of nitrogens with two attached hydrogens (primary N) is 1. The van der Waals surface area contributed by atoms with Crippen LogP contribution < -0.4 is 5.73 Å². The van der Waals surface area contributed by atoms with E-state index in [1.807, 2.05) is 0 Å². The van der Waals surface area contributed by atoms with Crippen molar-refractivity contribution in [1.82, 2.24) is 0 Å². The van der Waals surface area contributed by atoms with Gasteiger partial charge in [-0.15, -0.1) is 0 Å². The molecule has 5 heteroatoms. The standard InChI is InChI=1S/C10H9F3N2/c1-9(15,6-14)7-3-2-4-8(5-7)10(11,12)13/h2-5H,15H2,1H3/t9-/m1/s1. The molecule has 0 saturated carbocycles. The highest BCUT2D eigenvalue weighted by atomic mass is 19.4. The average Bonchev–Trinajstić information content (AvgIpc) is 2.17. The molecule has 1 atom stereocenters. The zero-order valence-electron chi connectivity index (χ0n) is 7.97. The Morgan fingerprint density at radius 1 is 1.27 bits per heavy atom. The number of benzene rings is 1. The third kappa shape index (κ3) is 2.48. The van der Waals surface area contributed by atoms with Gasteiger partial charge in [0.25, 0.3) is 0 Å². The van der Waals surface area contributed by atoms with Gasteiger partial charge >= 0.3 is 6.18 Å². The third-order valence-electron chi connectivity index (χ3n) is 2.02. The van der Waals surface area contributed by atoms with Crippen LogP contribution in [0.3, 0.4) is 0 Å². The lowest BCUT2D eigenvalue weighted by atomic mass is 9.93. The van der Waals surface area contributed by atoms with E-state index in [0.717, 1.165) is 12.1 Å². The molecule has 2 nitrogen and oxygen atoms in total. The van der Waals surface area contributed by atoms with Crippen molar-refractivity contribution in [2.45, 2.75) is 18.6 Å². The van der Waals surface area contributed by atoms with E-state index in [4.69, 9.17) is 11.0 Å². The van der Waals surface area contributed by atoms with Gasteiger partial charge in [0.05, 0.1) is 11.6 Å². The Labute approximate surface area is 85.1 Å². The minimum atomic E-state index is -4.42. The molecule has 0 aliphatic heterocycles. The summed E-state index contributed by atoms with van der Waals surface area (Å²) in [6.07, 6.45) is -4.42. The highest BCUT2D eigenvalue weighted by Crippen LogP contribution is 2.31. The van der Waals surface area contributed by atoms with E-state index in [9.17, 15) is 13.2 Å². The van der Waals surface area contributed by atoms with E-state index in [1.165, 1.54) is 19.1 Å². The highest BCUT2D eigenvalue weighted by molar-refractivity contribution is 5.34. The van der Waals surface area contributed by atoms with Crippen LogP contribution >= 0.6 is 0 Å². The number of nitriles is 1. The fourth-order valence-electron chi connectivity index (χ4n) is 1.08. The summed E-state index contributed by atoms with van der Waals surface area (Å²) in [5.74, 6) is 0. The van der Waals surface area contributed by atoms with Crippen molar-refractivity contribution in [3.05, 3.63) is 35.4 Å². The summed E-state index contributed by atoms with van der Waals surface area (Å²) in [6, 6.07) is 6.22. The molecule has 0 radical (unpaired) electrons. The zero-order chi connectivity index (χ0) is 11.7. The summed E-state index contributed by atoms with van der Waals surface area (Å²) < 4.78 is 37.0. The highest BCUT2D eigenvalue weighted by Gasteiger charge is 2.32. The number of alkyl halides is 3. The Morgan fingerprint density at radius 3 is 2.27 bits per heavy atom. The number of halogens is 3. The van der Waals surface area contributed by atoms with Gasteiger partial charge in [0.15, 0.2) is 0 Å². The molecular weight excluding hydrogens is 205 g/mol. The van der Waals surface area contributed by atoms with E-state index in [0.29, 0.717) is 0 Å². The number of hydrogen-bond donors (Lipinski definition) is 1. The van der Waals surface area contributed by atoms with Gasteiger partial charge in [0.2, 0.25) is 0 Å². The summed E-state index contributed by atoms with van der Waals surface area (Å²) in [5, 5.41) is 8.68. The van der Waals surface area contributed by atoms with Crippen LogP contribution in [0.2, 0.25) is 0 Å². The summed E-state index contributed by atoms with van der Waals surface area (Å²) in [4.78, 5) is 0. The molecule has 0 aliphatic carbocycles. The first-order chi connectivity index (χ1) is 6.77. The summed E-state index contributed by atoms with van der Waals surface area (Å²) in [5.41, 5.74) is 3.47. The number of nitrogens with zero attached hydrogens (tertiary/aromatic N) is 1. The lowest BCUT2D eigenvalue weighted by Crippen LogP contribution is -2.31. The molecule has 80 valence electrons. The molecule has 0 fully saturated rings. The average molecular weight is 214 g/mol. The van der Waals surface area contributed by atoms with Crippen LogP contribution in [-0.2, 0) is 11.7 Å². The van der Waals surface area contributed by atoms with E-state index in [1.54, 1.807) is 6.07 Å². The second-order valence-corrected chi connectivity index (χ2v) is 3.39. The van der Waals surface area contributed by atoms with Crippen molar-refractivity contribution >= 4 is 0 Å². The van der Waals surface area contributed by atoms with Gasteiger partial charge in [0, 0.05) is 0 Å². The van der Waals surface area contributed by atoms with Crippen molar-refractivity contribution in [3.63, 3.8) is 0 Å². The van der Waals surface area contributed by atoms with E-state index < -0.39 is 17.3 Å². The van der Waals surface area contributed by atoms with E-state index in [2.05, 4.69) is 0 Å². The first-order valence-corrected chi connectivity index (χ1v) is 4.15. The van der Waals surface area contributed by atoms with E-state index >= 15 is 0 Å². The van der Waals surface area contributed by atoms with Gasteiger partial charge in [-0.1, -0.05) is 12.1 Å². The van der Waals surface area contributed by atoms with Gasteiger partial charge in [0.1, 0.15) is 5.54 Å². The fraction of sp³-hybridized carbons (Fsp3) is 0.300. The number of hydrogen-bond acceptors (Lipinski definition) is 2. The van der Waals surface area contributed by atoms with Crippen LogP contribution in [0.4, 0.5) is 13.2 Å². The Morgan fingerprint density at radius 2 is 1.80 bits per heavy atom. The topological polar surface area (TPSA) is 49.8 Å². The summed E-state index contributed by atoms with van der Waals surface area (Å²) in [6.45, 7) is 1.36. The smallest absolute Gasteiger partial charge is 0.310 e. The largest absolute Gasteiger partial charge is 0.416 e. The molecule has 0 saturated heterocycles. The van der Waals surface area contributed by atoms with E-state index in [-0.39, 0.29) is 5.56 Å². The second kappa shape index (κ2) is 3.55. The molecule has 2 N–H and O–H groups in total. The fourth-order valence-corrected chi connectivity index (χ4v) is 1.08. The second-order valence-electron chi connectivity index (χ2n) is 3.39. The minimum Gasteiger partial charge on any atom is -0.310 e. The van der Waals surface area contributed by atoms with Crippen molar-refractivity contribution in [2.24, 2.45) is 5.73 Å². The normalized spacial score (nSPS) is 15.5. The number of rotatable bonds is 1. The molecule has 0 bridgehead atoms. The Hall–Kier alpha value is -1.54. The lowest BCUT2D eigenvalue weighted by Gasteiger charge is -2.17. The van der Waals surface area contributed by atoms with Crippen LogP contribution in [-0.4, -0.2) is 0 Å². The molecular formula is C10H9F3N2. The Bertz CT molecular complexity index is 402. The molecule has 0 spiro atoms. The van der Waals surface area contributed by atoms with Crippen molar-refractivity contribution in [1.29, 1.82) is 5.26 Å². The maximum absolute atomic E-state index is 12.3. The Balaban J connectivity index is 3.22. The maximum atomic E-state index is 12.3. The van der Waals surface area contributed by atoms with Gasteiger partial charge in [-0.2, -0.15) is 18.4 Å². The van der Waals surface area contributed by atoms with Crippen molar-refractivity contribution in [2.75, 3.05) is 0 Å². The van der Waals surface area contributed by atoms with Crippen molar-refractivity contribution < 1.29 is 13.2 Å². The van der Waals surface area contributed by atoms with Crippen LogP contribution in [0.5, 0.6) is 0 Å². The van der Waals surface area contributed by atoms with Gasteiger partial charge in [-0.25, -0.2) is 0 Å². The molecule has 0 amide bonds. The molecule has 0 unspecified atom stereocenters. The maximum Gasteiger partial charge on any atom is 0.416 e. The monoisotopic (exact) mass is 214 g/mol. The molecule has 0 aromatic heterocycles. The molecule has 1 aromatic carbocycles. The molecule has 1 aromatic rings. The predicted octanol–water partition coefficient (Wildman–Crippen LogP) is 2.40. The molecule has 15 heavy (non-hydrogen) atoms. The predicted molar refractivity (Wildman–Crippen MR) is 48.6 cm³/mol. The van der Waals surface area contributed by atoms with Gasteiger partial charge in [-0.3, -0.25) is 0 Å². The third-order valence-corrected chi connectivity index (χ3v) is 2.02. The molecule has 0 aliphatic rings. The molecule has 0 heterocycles. The van der Waals surface area contributed by atoms with Crippen LogP contribution in [0.25, 0.3) is 0 Å². The van der Waals surface area contributed by atoms with Crippen molar-refractivity contribution in [3.8, 4) is 6.07 Å². The Kier molecular flexibility index (Phi) is 2.73. The van der Waals surface area contributed by atoms with Gasteiger partial charge in [-0.05, 0) is 24.6 Å². The van der Waals surface area contributed by atoms with Crippen LogP contribution in [0.15, 0.2) is 24.3 Å². The SMILES string of the molecule is C[C@@](N)(C#N)c1cccc(C(F)(F)F)c1. The minimum absolute atomic E-state index is 0.153. The van der Waals surface area contributed by atoms with Gasteiger partial charge < -0.3 is 5.73 Å². The molecule has 1 rings (SSSR count). The lowest BCUT2D eigenvalue weighted by molar-refractivity contribution is -0.137. The van der Waals surface area contributed by atoms with Crippen LogP contribution in [0.1, 0.15) is 18.1 Å². The summed E-state index contributed by atoms with van der Waals surface area (Å²) >= 11 is 0.